The number of carbonyl (C=O) groups excluding carboxylic acids is 10. The molecule has 0 bridgehead atoms. The number of amides is 10. The first-order valence-electron chi connectivity index (χ1n) is 40.8. The second-order valence-electron chi connectivity index (χ2n) is 30.2. The van der Waals surface area contributed by atoms with E-state index in [9.17, 15) is 71.9 Å². The van der Waals surface area contributed by atoms with E-state index in [2.05, 4.69) is 25.7 Å². The Hall–Kier alpha value is -12.1. The van der Waals surface area contributed by atoms with Crippen LogP contribution in [0.25, 0.3) is 51.1 Å². The lowest BCUT2D eigenvalue weighted by Gasteiger charge is -2.27. The number of hydrogen-bond acceptors (Lipinski definition) is 19. The van der Waals surface area contributed by atoms with E-state index in [1.807, 2.05) is 115 Å². The second-order valence-corrected chi connectivity index (χ2v) is 34.2. The van der Waals surface area contributed by atoms with Gasteiger partial charge < -0.3 is 40.4 Å². The minimum absolute atomic E-state index is 0.00820. The Morgan fingerprint density at radius 2 is 0.762 bits per heavy atom. The van der Waals surface area contributed by atoms with Crippen molar-refractivity contribution in [3.05, 3.63) is 202 Å². The lowest BCUT2D eigenvalue weighted by molar-refractivity contribution is -0.141. The Labute approximate surface area is 719 Å². The van der Waals surface area contributed by atoms with Crippen LogP contribution in [-0.4, -0.2) is 160 Å². The fourth-order valence-electron chi connectivity index (χ4n) is 15.8. The number of unbranched alkanes of at least 4 members (excludes halogenated alkanes) is 13. The molecular formula is C91H92N8O19S4. The lowest BCUT2D eigenvalue weighted by Crippen LogP contribution is -2.35. The quantitative estimate of drug-likeness (QED) is 0.0215. The van der Waals surface area contributed by atoms with Crippen molar-refractivity contribution in [2.45, 2.75) is 149 Å². The number of hydrogen-bond donors (Lipinski definition) is 5. The fraction of sp³-hybridized carbons (Fsp3) is 0.330. The molecule has 7 aromatic rings. The van der Waals surface area contributed by atoms with Crippen LogP contribution in [0, 0.1) is 5.92 Å². The Balaban J connectivity index is 0.000000149. The Morgan fingerprint density at radius 1 is 0.385 bits per heavy atom. The topological polar surface area (TPSA) is 373 Å². The van der Waals surface area contributed by atoms with Crippen LogP contribution >= 0.6 is 46.6 Å². The summed E-state index contributed by atoms with van der Waals surface area (Å²) in [6, 6.07) is 45.2. The van der Waals surface area contributed by atoms with Gasteiger partial charge in [0.2, 0.25) is 0 Å². The summed E-state index contributed by atoms with van der Waals surface area (Å²) >= 11 is 2.95. The predicted molar refractivity (Wildman–Crippen MR) is 471 cm³/mol. The van der Waals surface area contributed by atoms with Crippen molar-refractivity contribution >= 4 is 179 Å². The zero-order valence-corrected chi connectivity index (χ0v) is 70.7. The zero-order valence-electron chi connectivity index (χ0n) is 67.4. The van der Waals surface area contributed by atoms with Gasteiger partial charge in [-0.25, -0.2) is 0 Å². The van der Waals surface area contributed by atoms with Crippen molar-refractivity contribution in [1.29, 1.82) is 0 Å². The van der Waals surface area contributed by atoms with E-state index in [-0.39, 0.29) is 65.2 Å². The maximum Gasteiger partial charge on any atom is 0.323 e. The van der Waals surface area contributed by atoms with E-state index >= 15 is 0 Å². The predicted octanol–water partition coefficient (Wildman–Crippen LogP) is 14.9. The monoisotopic (exact) mass is 1730 g/mol. The highest BCUT2D eigenvalue weighted by molar-refractivity contribution is 8.19. The SMILES string of the molecule is C=c1s/c(=C2\C(=O)Nc3ccc(-c4ccccc4)cc32)c(=O)n1CC(=O)O.CCCCCCCCCCN1C(=O)/C(=C2\SC(=O)N(CC(=O)O)C2=O)c2ccccc21.CCCCCCCCCN1C(=O)/C(=C2\SC(=O)N(CC(=O)O)C2=O)c2ccccc21.O=C(O)CN1C(=O)S/C(=C2\C(=O)N(CC3CCCCC3)c3ccc(-c4ccccc4)cc32)C1=O. The first-order valence-corrected chi connectivity index (χ1v) is 44.1. The molecular weight excluding hydrogens is 1640 g/mol. The number of fused-ring (bicyclic) bond motifs is 4. The van der Waals surface area contributed by atoms with Gasteiger partial charge in [-0.05, 0) is 126 Å². The first-order chi connectivity index (χ1) is 58.8. The number of nitrogens with zero attached hydrogens (tertiary/aromatic N) is 7. The van der Waals surface area contributed by atoms with E-state index in [0.717, 1.165) is 119 Å². The molecule has 31 heteroatoms. The van der Waals surface area contributed by atoms with Gasteiger partial charge in [0.15, 0.2) is 0 Å². The molecule has 1 aromatic heterocycles. The van der Waals surface area contributed by atoms with Crippen LogP contribution in [-0.2, 0) is 59.3 Å². The van der Waals surface area contributed by atoms with Crippen LogP contribution in [0.4, 0.5) is 37.1 Å². The average Bonchev–Trinajstić information content (AvgIpc) is 1.58. The first kappa shape index (κ1) is 89.2. The highest BCUT2D eigenvalue weighted by Gasteiger charge is 2.48. The van der Waals surface area contributed by atoms with Crippen molar-refractivity contribution < 1.29 is 87.5 Å². The third kappa shape index (κ3) is 20.2. The molecule has 3 saturated heterocycles. The molecule has 5 N–H and O–H groups in total. The summed E-state index contributed by atoms with van der Waals surface area (Å²) in [5, 5.41) is 36.8. The molecule has 8 aliphatic rings. The number of carbonyl (C=O) groups is 14. The molecule has 10 amide bonds. The zero-order chi connectivity index (χ0) is 87.0. The summed E-state index contributed by atoms with van der Waals surface area (Å²) in [6.07, 6.45) is 22.8. The van der Waals surface area contributed by atoms with Gasteiger partial charge in [-0.3, -0.25) is 91.2 Å². The fourth-order valence-corrected chi connectivity index (χ4v) is 19.6. The van der Waals surface area contributed by atoms with E-state index in [1.165, 1.54) is 64.2 Å². The van der Waals surface area contributed by atoms with Crippen LogP contribution in [0.1, 0.15) is 165 Å². The normalized spacial score (nSPS) is 18.3. The van der Waals surface area contributed by atoms with Gasteiger partial charge in [0, 0.05) is 47.6 Å². The largest absolute Gasteiger partial charge is 0.480 e. The number of aromatic nitrogens is 1. The summed E-state index contributed by atoms with van der Waals surface area (Å²) < 4.78 is 1.56. The van der Waals surface area contributed by atoms with Gasteiger partial charge in [0.1, 0.15) is 30.7 Å². The minimum atomic E-state index is -1.28. The third-order valence-corrected chi connectivity index (χ3v) is 25.8. The average molecular weight is 1730 g/mol. The summed E-state index contributed by atoms with van der Waals surface area (Å²) in [4.78, 5) is 192. The highest BCUT2D eigenvalue weighted by Crippen LogP contribution is 2.49. The number of carboxylic acid groups (broad SMARTS) is 4. The molecule has 7 aliphatic heterocycles. The number of carboxylic acids is 4. The molecule has 1 aliphatic carbocycles. The van der Waals surface area contributed by atoms with Gasteiger partial charge in [-0.15, -0.1) is 11.3 Å². The van der Waals surface area contributed by atoms with Gasteiger partial charge in [-0.1, -0.05) is 232 Å². The minimum Gasteiger partial charge on any atom is -0.480 e. The van der Waals surface area contributed by atoms with Crippen molar-refractivity contribution in [2.75, 3.05) is 59.3 Å². The highest BCUT2D eigenvalue weighted by atomic mass is 32.2. The molecule has 8 heterocycles. The molecule has 634 valence electrons. The van der Waals surface area contributed by atoms with E-state index < -0.39 is 89.1 Å². The van der Waals surface area contributed by atoms with E-state index in [0.29, 0.717) is 108 Å². The molecule has 15 rings (SSSR count). The number of thioether (sulfide) groups is 3. The standard InChI is InChI=1S/C26H24N2O5S.C23H28N2O5S.C22H26N2O5S.C20H14N2O4S/c29-21(30)15-28-25(32)23(34-26(28)33)22-19-13-18(17-9-5-2-6-10-17)11-12-20(19)27(24(22)31)14-16-7-3-1-4-8-16;1-2-3-4-5-6-7-8-11-14-24-17-13-10-9-12-16(17)19(21(24)28)20-22(29)25(15-18(26)27)23(30)31-20;1-2-3-4-5-6-7-10-13-23-16-12-9-8-11-15(16)18(20(23)27)19-21(28)24(14-17(25)26)22(29)30-19;1-11-22(10-16(23)24)20(26)18(27-11)17-14-9-13(12-5-3-2-4-6-12)7-8-15(14)21-19(17)25/h2,5-6,9-13,16H,1,3-4,7-8,14-15H2,(H,29,30);9-10,12-13H,2-8,11,14-15H2,1H3,(H,26,27);8-9,11-12H,2-7,10,13-14H2,1H3,(H,25,26);2-9H,1,10H2,(H,21,25)(H,23,24)/b23-22-;20-19-;19-18-;18-17-. The van der Waals surface area contributed by atoms with Gasteiger partial charge in [-0.2, -0.15) is 0 Å². The van der Waals surface area contributed by atoms with Crippen molar-refractivity contribution in [3.63, 3.8) is 0 Å². The van der Waals surface area contributed by atoms with Crippen LogP contribution in [0.15, 0.2) is 165 Å². The van der Waals surface area contributed by atoms with Crippen LogP contribution in [0.2, 0.25) is 0 Å². The Kier molecular flexibility index (Phi) is 30.0. The Bertz CT molecular complexity index is 5640. The summed E-state index contributed by atoms with van der Waals surface area (Å²) in [7, 11) is 0. The molecule has 0 radical (unpaired) electrons. The molecule has 27 nitrogen and oxygen atoms in total. The number of rotatable bonds is 29. The summed E-state index contributed by atoms with van der Waals surface area (Å²) in [5.41, 5.74) is 9.41. The van der Waals surface area contributed by atoms with Gasteiger partial charge >= 0.3 is 23.9 Å². The summed E-state index contributed by atoms with van der Waals surface area (Å²) in [5.74, 6) is -8.03. The molecule has 6 aromatic carbocycles. The van der Waals surface area contributed by atoms with Crippen molar-refractivity contribution in [1.82, 2.24) is 19.3 Å². The molecule has 0 atom stereocenters. The number of anilines is 4. The molecule has 4 fully saturated rings. The molecule has 0 spiro atoms. The number of para-hydroxylation sites is 2. The number of imide groups is 3. The van der Waals surface area contributed by atoms with Crippen LogP contribution in [0.5, 0.6) is 0 Å². The number of benzene rings is 6. The number of aliphatic carboxylic acids is 4. The van der Waals surface area contributed by atoms with Gasteiger partial charge in [0.25, 0.3) is 62.6 Å². The van der Waals surface area contributed by atoms with Crippen LogP contribution < -0.4 is 34.8 Å². The Morgan fingerprint density at radius 3 is 1.20 bits per heavy atom. The molecule has 122 heavy (non-hydrogen) atoms. The maximum atomic E-state index is 13.7. The van der Waals surface area contributed by atoms with E-state index in [4.69, 9.17) is 20.4 Å². The maximum absolute atomic E-state index is 13.7. The van der Waals surface area contributed by atoms with E-state index in [1.54, 1.807) is 45.0 Å². The van der Waals surface area contributed by atoms with Crippen molar-refractivity contribution in [2.24, 2.45) is 5.92 Å². The summed E-state index contributed by atoms with van der Waals surface area (Å²) in [6.45, 7) is 7.17. The molecule has 0 unspecified atom stereocenters. The smallest absolute Gasteiger partial charge is 0.323 e. The number of nitrogens with one attached hydrogen (secondary N) is 1. The van der Waals surface area contributed by atoms with Gasteiger partial charge in [0.05, 0.1) is 58.7 Å². The second kappa shape index (κ2) is 41.0. The number of thiazole rings is 1. The van der Waals surface area contributed by atoms with Crippen LogP contribution in [0.3, 0.4) is 0 Å². The lowest BCUT2D eigenvalue weighted by atomic mass is 9.89. The third-order valence-electron chi connectivity index (χ3n) is 21.8. The molecule has 1 saturated carbocycles. The van der Waals surface area contributed by atoms with Crippen molar-refractivity contribution in [3.8, 4) is 22.3 Å².